The molecule has 0 bridgehead atoms. The molecule has 0 spiro atoms. The number of fused-ring (bicyclic) bond motifs is 1. The van der Waals surface area contributed by atoms with Gasteiger partial charge in [0.15, 0.2) is 0 Å². The van der Waals surface area contributed by atoms with Gasteiger partial charge in [-0.2, -0.15) is 13.2 Å². The van der Waals surface area contributed by atoms with Crippen LogP contribution in [0.1, 0.15) is 48.8 Å². The summed E-state index contributed by atoms with van der Waals surface area (Å²) in [5, 5.41) is 6.65. The summed E-state index contributed by atoms with van der Waals surface area (Å²) in [6.07, 6.45) is -3.88. The molecular formula is C27H33F4N5O4S. The third kappa shape index (κ3) is 8.73. The number of thiophene rings is 1. The number of nitrogens with one attached hydrogen (secondary N) is 2. The molecule has 1 aromatic carbocycles. The largest absolute Gasteiger partial charge is 0.490 e. The van der Waals surface area contributed by atoms with Crippen molar-refractivity contribution in [2.75, 3.05) is 32.5 Å². The predicted octanol–water partition coefficient (Wildman–Crippen LogP) is 5.61. The summed E-state index contributed by atoms with van der Waals surface area (Å²) >= 11 is 1.22. The van der Waals surface area contributed by atoms with Gasteiger partial charge in [0.1, 0.15) is 34.1 Å². The number of anilines is 2. The van der Waals surface area contributed by atoms with Gasteiger partial charge in [0.25, 0.3) is 5.91 Å². The Balaban J connectivity index is 1.81. The Labute approximate surface area is 239 Å². The minimum atomic E-state index is -5.13. The number of hydrogen-bond donors (Lipinski definition) is 2. The number of halogens is 4. The number of aryl methyl sites for hydroxylation is 1. The first kappa shape index (κ1) is 32.0. The highest BCUT2D eigenvalue weighted by Crippen LogP contribution is 2.37. The molecule has 3 rings (SSSR count). The SMILES string of the molecule is Cc1c(C(=O)NCCCN(C)C)sc2ncnc(Nc3ccc(F)cc3OC(C)CC(C)(C)OC(=O)C(F)(F)F)c12. The van der Waals surface area contributed by atoms with E-state index >= 15 is 0 Å². The van der Waals surface area contributed by atoms with Crippen LogP contribution in [0.2, 0.25) is 0 Å². The summed E-state index contributed by atoms with van der Waals surface area (Å²) < 4.78 is 62.6. The Morgan fingerprint density at radius 2 is 1.88 bits per heavy atom. The second kappa shape index (κ2) is 13.0. The molecule has 1 atom stereocenters. The Kier molecular flexibility index (Phi) is 10.1. The van der Waals surface area contributed by atoms with Crippen molar-refractivity contribution in [3.05, 3.63) is 40.8 Å². The van der Waals surface area contributed by atoms with Gasteiger partial charge in [0, 0.05) is 19.0 Å². The van der Waals surface area contributed by atoms with E-state index in [1.807, 2.05) is 19.0 Å². The van der Waals surface area contributed by atoms with Crippen LogP contribution in [-0.4, -0.2) is 71.8 Å². The van der Waals surface area contributed by atoms with E-state index in [2.05, 4.69) is 25.3 Å². The van der Waals surface area contributed by atoms with Crippen molar-refractivity contribution in [3.63, 3.8) is 0 Å². The van der Waals surface area contributed by atoms with Gasteiger partial charge in [-0.25, -0.2) is 19.2 Å². The molecule has 41 heavy (non-hydrogen) atoms. The Morgan fingerprint density at radius 1 is 1.17 bits per heavy atom. The first-order chi connectivity index (χ1) is 19.1. The number of alkyl halides is 3. The fraction of sp³-hybridized carbons (Fsp3) is 0.481. The topological polar surface area (TPSA) is 106 Å². The van der Waals surface area contributed by atoms with E-state index in [0.717, 1.165) is 19.0 Å². The summed E-state index contributed by atoms with van der Waals surface area (Å²) in [6, 6.07) is 3.76. The number of amides is 1. The minimum absolute atomic E-state index is 0.0638. The van der Waals surface area contributed by atoms with Crippen LogP contribution < -0.4 is 15.4 Å². The van der Waals surface area contributed by atoms with E-state index in [4.69, 9.17) is 4.74 Å². The number of ether oxygens (including phenoxy) is 2. The maximum absolute atomic E-state index is 14.2. The molecular weight excluding hydrogens is 566 g/mol. The second-order valence-electron chi connectivity index (χ2n) is 10.4. The molecule has 2 aromatic heterocycles. The lowest BCUT2D eigenvalue weighted by atomic mass is 10.0. The summed E-state index contributed by atoms with van der Waals surface area (Å²) in [7, 11) is 3.92. The van der Waals surface area contributed by atoms with Crippen molar-refractivity contribution in [1.82, 2.24) is 20.2 Å². The van der Waals surface area contributed by atoms with Crippen molar-refractivity contribution in [2.45, 2.75) is 58.4 Å². The minimum Gasteiger partial charge on any atom is -0.488 e. The van der Waals surface area contributed by atoms with Crippen molar-refractivity contribution >= 4 is 44.9 Å². The van der Waals surface area contributed by atoms with Crippen molar-refractivity contribution in [2.24, 2.45) is 0 Å². The molecule has 0 aliphatic rings. The van der Waals surface area contributed by atoms with Gasteiger partial charge in [-0.15, -0.1) is 11.3 Å². The standard InChI is InChI=1S/C27H33F4N5O4S/c1-15(13-26(3,4)40-25(38)27(29,30)31)39-19-12-17(28)8-9-18(19)35-22-20-16(2)21(41-24(20)34-14-33-22)23(37)32-10-7-11-36(5)6/h8-9,12,14-15H,7,10-11,13H2,1-6H3,(H,32,37)(H,33,34,35). The predicted molar refractivity (Wildman–Crippen MR) is 148 cm³/mol. The third-order valence-corrected chi connectivity index (χ3v) is 7.10. The number of carbonyl (C=O) groups is 2. The second-order valence-corrected chi connectivity index (χ2v) is 11.4. The molecule has 0 fully saturated rings. The highest BCUT2D eigenvalue weighted by atomic mass is 32.1. The lowest BCUT2D eigenvalue weighted by Crippen LogP contribution is -2.38. The lowest BCUT2D eigenvalue weighted by molar-refractivity contribution is -0.212. The third-order valence-electron chi connectivity index (χ3n) is 5.91. The monoisotopic (exact) mass is 599 g/mol. The van der Waals surface area contributed by atoms with Crippen LogP contribution in [0.5, 0.6) is 5.75 Å². The fourth-order valence-corrected chi connectivity index (χ4v) is 5.25. The van der Waals surface area contributed by atoms with Gasteiger partial charge in [0.05, 0.1) is 22.1 Å². The van der Waals surface area contributed by atoms with Gasteiger partial charge >= 0.3 is 12.1 Å². The average Bonchev–Trinajstić information content (AvgIpc) is 3.19. The Morgan fingerprint density at radius 3 is 2.54 bits per heavy atom. The van der Waals surface area contributed by atoms with Crippen molar-refractivity contribution in [1.29, 1.82) is 0 Å². The molecule has 14 heteroatoms. The molecule has 0 saturated carbocycles. The van der Waals surface area contributed by atoms with E-state index in [9.17, 15) is 27.2 Å². The molecule has 2 N–H and O–H groups in total. The molecule has 0 radical (unpaired) electrons. The van der Waals surface area contributed by atoms with Gasteiger partial charge in [-0.05, 0) is 72.5 Å². The fourth-order valence-electron chi connectivity index (χ4n) is 4.19. The first-order valence-corrected chi connectivity index (χ1v) is 13.6. The number of aromatic nitrogens is 2. The molecule has 0 saturated heterocycles. The zero-order valence-electron chi connectivity index (χ0n) is 23.6. The van der Waals surface area contributed by atoms with Crippen LogP contribution in [0.25, 0.3) is 10.2 Å². The molecule has 3 aromatic rings. The summed E-state index contributed by atoms with van der Waals surface area (Å²) in [6.45, 7) is 7.36. The van der Waals surface area contributed by atoms with Gasteiger partial charge in [0.2, 0.25) is 0 Å². The average molecular weight is 600 g/mol. The van der Waals surface area contributed by atoms with E-state index in [0.29, 0.717) is 38.7 Å². The van der Waals surface area contributed by atoms with E-state index < -0.39 is 29.7 Å². The molecule has 0 aliphatic heterocycles. The number of hydrogen-bond acceptors (Lipinski definition) is 9. The van der Waals surface area contributed by atoms with Crippen LogP contribution in [0.4, 0.5) is 29.1 Å². The number of carbonyl (C=O) groups excluding carboxylic acids is 2. The molecule has 9 nitrogen and oxygen atoms in total. The normalized spacial score (nSPS) is 12.9. The molecule has 0 aliphatic carbocycles. The smallest absolute Gasteiger partial charge is 0.488 e. The van der Waals surface area contributed by atoms with Crippen LogP contribution >= 0.6 is 11.3 Å². The van der Waals surface area contributed by atoms with Gasteiger partial charge < -0.3 is 25.0 Å². The summed E-state index contributed by atoms with van der Waals surface area (Å²) in [5.74, 6) is -2.70. The van der Waals surface area contributed by atoms with Crippen LogP contribution in [0.3, 0.4) is 0 Å². The van der Waals surface area contributed by atoms with E-state index in [1.54, 1.807) is 13.8 Å². The number of nitrogens with zero attached hydrogens (tertiary/aromatic N) is 3. The zero-order valence-corrected chi connectivity index (χ0v) is 24.4. The lowest BCUT2D eigenvalue weighted by Gasteiger charge is -2.29. The highest BCUT2D eigenvalue weighted by Gasteiger charge is 2.44. The number of rotatable bonds is 12. The van der Waals surface area contributed by atoms with E-state index in [-0.39, 0.29) is 18.1 Å². The molecule has 2 heterocycles. The van der Waals surface area contributed by atoms with Gasteiger partial charge in [-0.1, -0.05) is 0 Å². The number of esters is 1. The van der Waals surface area contributed by atoms with Gasteiger partial charge in [-0.3, -0.25) is 4.79 Å². The Hall–Kier alpha value is -3.52. The highest BCUT2D eigenvalue weighted by molar-refractivity contribution is 7.20. The Bertz CT molecular complexity index is 1390. The molecule has 1 unspecified atom stereocenters. The molecule has 224 valence electrons. The maximum atomic E-state index is 14.2. The molecule has 1 amide bonds. The van der Waals surface area contributed by atoms with Crippen LogP contribution in [0.15, 0.2) is 24.5 Å². The van der Waals surface area contributed by atoms with Crippen LogP contribution in [0, 0.1) is 12.7 Å². The maximum Gasteiger partial charge on any atom is 0.490 e. The van der Waals surface area contributed by atoms with Crippen LogP contribution in [-0.2, 0) is 9.53 Å². The van der Waals surface area contributed by atoms with Crippen molar-refractivity contribution < 1.29 is 36.6 Å². The zero-order chi connectivity index (χ0) is 30.5. The summed E-state index contributed by atoms with van der Waals surface area (Å²) in [5.41, 5.74) is -0.517. The summed E-state index contributed by atoms with van der Waals surface area (Å²) in [4.78, 5) is 35.9. The first-order valence-electron chi connectivity index (χ1n) is 12.8. The van der Waals surface area contributed by atoms with E-state index in [1.165, 1.54) is 43.6 Å². The number of benzene rings is 1. The van der Waals surface area contributed by atoms with Crippen molar-refractivity contribution in [3.8, 4) is 5.75 Å². The quantitative estimate of drug-likeness (QED) is 0.157.